The van der Waals surface area contributed by atoms with Gasteiger partial charge in [-0.1, -0.05) is 11.8 Å². The van der Waals surface area contributed by atoms with Gasteiger partial charge in [0, 0.05) is 25.1 Å². The molecule has 1 saturated carbocycles. The van der Waals surface area contributed by atoms with E-state index in [1.165, 1.54) is 11.8 Å². The first-order valence-corrected chi connectivity index (χ1v) is 6.12. The molecule has 2 N–H and O–H groups in total. The van der Waals surface area contributed by atoms with E-state index in [1.807, 2.05) is 7.05 Å². The van der Waals surface area contributed by atoms with Crippen molar-refractivity contribution in [3.05, 3.63) is 5.82 Å². The van der Waals surface area contributed by atoms with Gasteiger partial charge >= 0.3 is 0 Å². The van der Waals surface area contributed by atoms with Crippen molar-refractivity contribution in [2.45, 2.75) is 30.5 Å². The maximum absolute atomic E-state index is 12.6. The molecule has 0 unspecified atom stereocenters. The second kappa shape index (κ2) is 4.29. The standard InChI is InChI=1S/C9H14F2N4S/c1-15-7(5-12)13-14-8(15)16-3-2-6-4-9(6,10)11/h6H,2-5,12H2,1H3/t6-/m1/s1. The number of alkyl halides is 2. The predicted octanol–water partition coefficient (Wildman–Crippen LogP) is 1.41. The quantitative estimate of drug-likeness (QED) is 0.800. The lowest BCUT2D eigenvalue weighted by Crippen LogP contribution is -2.05. The Morgan fingerprint density at radius 2 is 2.25 bits per heavy atom. The number of hydrogen-bond acceptors (Lipinski definition) is 4. The summed E-state index contributed by atoms with van der Waals surface area (Å²) in [5, 5.41) is 8.58. The third kappa shape index (κ3) is 2.35. The molecule has 0 spiro atoms. The van der Waals surface area contributed by atoms with Crippen molar-refractivity contribution in [3.8, 4) is 0 Å². The topological polar surface area (TPSA) is 56.7 Å². The Hall–Kier alpha value is -0.690. The third-order valence-corrected chi connectivity index (χ3v) is 3.81. The van der Waals surface area contributed by atoms with Crippen LogP contribution in [0.3, 0.4) is 0 Å². The average Bonchev–Trinajstić information content (AvgIpc) is 2.68. The summed E-state index contributed by atoms with van der Waals surface area (Å²) in [5.41, 5.74) is 5.45. The molecule has 4 nitrogen and oxygen atoms in total. The lowest BCUT2D eigenvalue weighted by Gasteiger charge is -2.01. The second-order valence-corrected chi connectivity index (χ2v) is 5.02. The molecule has 1 aliphatic carbocycles. The normalized spacial score (nSPS) is 22.4. The van der Waals surface area contributed by atoms with Gasteiger partial charge < -0.3 is 10.3 Å². The van der Waals surface area contributed by atoms with Crippen LogP contribution in [0, 0.1) is 5.92 Å². The lowest BCUT2D eigenvalue weighted by molar-refractivity contribution is 0.0983. The van der Waals surface area contributed by atoms with Gasteiger partial charge in [0.15, 0.2) is 5.16 Å². The van der Waals surface area contributed by atoms with E-state index in [0.717, 1.165) is 5.16 Å². The molecule has 0 aliphatic heterocycles. The molecule has 2 rings (SSSR count). The minimum Gasteiger partial charge on any atom is -0.324 e. The Labute approximate surface area is 96.6 Å². The summed E-state index contributed by atoms with van der Waals surface area (Å²) < 4.78 is 27.0. The Morgan fingerprint density at radius 1 is 1.56 bits per heavy atom. The van der Waals surface area contributed by atoms with Crippen LogP contribution >= 0.6 is 11.8 Å². The van der Waals surface area contributed by atoms with Crippen LogP contribution in [-0.2, 0) is 13.6 Å². The van der Waals surface area contributed by atoms with Crippen molar-refractivity contribution in [1.29, 1.82) is 0 Å². The van der Waals surface area contributed by atoms with Crippen LogP contribution in [0.1, 0.15) is 18.7 Å². The third-order valence-electron chi connectivity index (χ3n) is 2.76. The van der Waals surface area contributed by atoms with Gasteiger partial charge in [0.05, 0.1) is 6.54 Å². The largest absolute Gasteiger partial charge is 0.324 e. The molecule has 0 bridgehead atoms. The van der Waals surface area contributed by atoms with Gasteiger partial charge in [-0.15, -0.1) is 10.2 Å². The van der Waals surface area contributed by atoms with Gasteiger partial charge in [-0.2, -0.15) is 0 Å². The van der Waals surface area contributed by atoms with Crippen molar-refractivity contribution in [2.24, 2.45) is 18.7 Å². The highest BCUT2D eigenvalue weighted by Crippen LogP contribution is 2.51. The Morgan fingerprint density at radius 3 is 2.75 bits per heavy atom. The fourth-order valence-corrected chi connectivity index (χ4v) is 2.51. The van der Waals surface area contributed by atoms with E-state index in [0.29, 0.717) is 24.5 Å². The van der Waals surface area contributed by atoms with Crippen LogP contribution in [0.15, 0.2) is 5.16 Å². The summed E-state index contributed by atoms with van der Waals surface area (Å²) in [4.78, 5) is 0. The summed E-state index contributed by atoms with van der Waals surface area (Å²) in [7, 11) is 1.83. The number of halogens is 2. The highest BCUT2D eigenvalue weighted by atomic mass is 32.2. The van der Waals surface area contributed by atoms with E-state index in [1.54, 1.807) is 4.57 Å². The number of thioether (sulfide) groups is 1. The molecular formula is C9H14F2N4S. The van der Waals surface area contributed by atoms with Gasteiger partial charge in [0.25, 0.3) is 5.92 Å². The SMILES string of the molecule is Cn1c(CN)nnc1SCC[C@@H]1CC1(F)F. The molecule has 1 atom stereocenters. The molecule has 16 heavy (non-hydrogen) atoms. The van der Waals surface area contributed by atoms with Crippen molar-refractivity contribution in [1.82, 2.24) is 14.8 Å². The minimum atomic E-state index is -2.41. The molecule has 0 saturated heterocycles. The summed E-state index contributed by atoms with van der Waals surface area (Å²) >= 11 is 1.45. The predicted molar refractivity (Wildman–Crippen MR) is 57.3 cm³/mol. The number of aromatic nitrogens is 3. The monoisotopic (exact) mass is 248 g/mol. The molecule has 0 amide bonds. The summed E-state index contributed by atoms with van der Waals surface area (Å²) in [6.07, 6.45) is 0.572. The zero-order valence-corrected chi connectivity index (χ0v) is 9.81. The molecule has 1 aromatic heterocycles. The van der Waals surface area contributed by atoms with Crippen LogP contribution in [-0.4, -0.2) is 26.4 Å². The molecule has 7 heteroatoms. The fraction of sp³-hybridized carbons (Fsp3) is 0.778. The van der Waals surface area contributed by atoms with Crippen LogP contribution in [0.2, 0.25) is 0 Å². The van der Waals surface area contributed by atoms with Crippen molar-refractivity contribution in [3.63, 3.8) is 0 Å². The van der Waals surface area contributed by atoms with Crippen LogP contribution in [0.4, 0.5) is 8.78 Å². The first-order valence-electron chi connectivity index (χ1n) is 5.13. The molecule has 1 heterocycles. The smallest absolute Gasteiger partial charge is 0.251 e. The first-order chi connectivity index (χ1) is 7.54. The van der Waals surface area contributed by atoms with E-state index >= 15 is 0 Å². The molecular weight excluding hydrogens is 234 g/mol. The Bertz CT molecular complexity index is 380. The van der Waals surface area contributed by atoms with E-state index in [9.17, 15) is 8.78 Å². The molecule has 0 aromatic carbocycles. The zero-order chi connectivity index (χ0) is 11.8. The summed E-state index contributed by atoms with van der Waals surface area (Å²) in [6.45, 7) is 0.338. The molecule has 90 valence electrons. The van der Waals surface area contributed by atoms with Gasteiger partial charge in [-0.3, -0.25) is 0 Å². The molecule has 0 radical (unpaired) electrons. The highest BCUT2D eigenvalue weighted by molar-refractivity contribution is 7.99. The molecule has 1 aromatic rings. The van der Waals surface area contributed by atoms with Crippen LogP contribution in [0.5, 0.6) is 0 Å². The number of hydrogen-bond donors (Lipinski definition) is 1. The molecule has 1 aliphatic rings. The maximum Gasteiger partial charge on any atom is 0.251 e. The van der Waals surface area contributed by atoms with Gasteiger partial charge in [-0.05, 0) is 6.42 Å². The Balaban J connectivity index is 1.79. The number of nitrogens with zero attached hydrogens (tertiary/aromatic N) is 3. The molecule has 1 fully saturated rings. The summed E-state index contributed by atoms with van der Waals surface area (Å²) in [6, 6.07) is 0. The van der Waals surface area contributed by atoms with E-state index in [2.05, 4.69) is 10.2 Å². The summed E-state index contributed by atoms with van der Waals surface area (Å²) in [5.74, 6) is -1.49. The van der Waals surface area contributed by atoms with Gasteiger partial charge in [0.2, 0.25) is 0 Å². The lowest BCUT2D eigenvalue weighted by atomic mass is 10.3. The number of rotatable bonds is 5. The van der Waals surface area contributed by atoms with Crippen molar-refractivity contribution < 1.29 is 8.78 Å². The van der Waals surface area contributed by atoms with Crippen LogP contribution in [0.25, 0.3) is 0 Å². The van der Waals surface area contributed by atoms with E-state index in [4.69, 9.17) is 5.73 Å². The first kappa shape index (κ1) is 11.8. The average molecular weight is 248 g/mol. The number of nitrogens with two attached hydrogens (primary N) is 1. The highest BCUT2D eigenvalue weighted by Gasteiger charge is 2.55. The van der Waals surface area contributed by atoms with Crippen molar-refractivity contribution in [2.75, 3.05) is 5.75 Å². The minimum absolute atomic E-state index is 0.0421. The van der Waals surface area contributed by atoms with E-state index < -0.39 is 11.8 Å². The Kier molecular flexibility index (Phi) is 3.16. The van der Waals surface area contributed by atoms with Gasteiger partial charge in [-0.25, -0.2) is 8.78 Å². The second-order valence-electron chi connectivity index (χ2n) is 3.96. The van der Waals surface area contributed by atoms with Crippen molar-refractivity contribution >= 4 is 11.8 Å². The fourth-order valence-electron chi connectivity index (χ4n) is 1.52. The van der Waals surface area contributed by atoms with Gasteiger partial charge in [0.1, 0.15) is 5.82 Å². The maximum atomic E-state index is 12.6. The zero-order valence-electron chi connectivity index (χ0n) is 8.99. The van der Waals surface area contributed by atoms with E-state index in [-0.39, 0.29) is 6.42 Å². The van der Waals surface area contributed by atoms with Crippen LogP contribution < -0.4 is 5.73 Å².